The smallest absolute Gasteiger partial charge is 0.334 e. The van der Waals surface area contributed by atoms with Crippen molar-refractivity contribution in [3.05, 3.63) is 35.9 Å². The van der Waals surface area contributed by atoms with Crippen molar-refractivity contribution in [1.29, 1.82) is 0 Å². The molecule has 0 atom stereocenters. The van der Waals surface area contributed by atoms with Gasteiger partial charge in [-0.3, -0.25) is 14.9 Å². The van der Waals surface area contributed by atoms with E-state index >= 15 is 0 Å². The first kappa shape index (κ1) is 15.9. The van der Waals surface area contributed by atoms with Crippen LogP contribution in [0.15, 0.2) is 18.7 Å². The van der Waals surface area contributed by atoms with E-state index in [4.69, 9.17) is 0 Å². The average molecular weight is 339 g/mol. The van der Waals surface area contributed by atoms with E-state index in [9.17, 15) is 18.0 Å². The molecule has 0 bridgehead atoms. The van der Waals surface area contributed by atoms with Gasteiger partial charge < -0.3 is 9.47 Å². The highest BCUT2D eigenvalue weighted by Gasteiger charge is 2.37. The minimum absolute atomic E-state index is 0.00346. The molecule has 0 aliphatic rings. The molecule has 0 aliphatic carbocycles. The quantitative estimate of drug-likeness (QED) is 0.778. The lowest BCUT2D eigenvalue weighted by molar-refractivity contribution is -0.146. The van der Waals surface area contributed by atoms with Gasteiger partial charge in [0.1, 0.15) is 17.7 Å². The number of rotatable bonds is 3. The van der Waals surface area contributed by atoms with E-state index in [1.54, 1.807) is 0 Å². The zero-order chi connectivity index (χ0) is 17.5. The molecule has 0 saturated heterocycles. The van der Waals surface area contributed by atoms with Crippen LogP contribution in [0.3, 0.4) is 0 Å². The van der Waals surface area contributed by atoms with Crippen LogP contribution in [0.2, 0.25) is 0 Å². The zero-order valence-electron chi connectivity index (χ0n) is 12.7. The summed E-state index contributed by atoms with van der Waals surface area (Å²) in [6.45, 7) is 0.124. The summed E-state index contributed by atoms with van der Waals surface area (Å²) in [4.78, 5) is 25.2. The van der Waals surface area contributed by atoms with Crippen molar-refractivity contribution < 1.29 is 18.0 Å². The van der Waals surface area contributed by atoms with E-state index in [1.807, 2.05) is 0 Å². The number of nitrogens with zero attached hydrogens (tertiary/aromatic N) is 6. The van der Waals surface area contributed by atoms with Gasteiger partial charge >= 0.3 is 6.18 Å². The van der Waals surface area contributed by atoms with Crippen LogP contribution in [-0.2, 0) is 19.8 Å². The number of H-pyrrole nitrogens is 1. The molecule has 0 fully saturated rings. The number of carbonyl (C=O) groups excluding carboxylic acids is 1. The average Bonchev–Trinajstić information content (AvgIpc) is 3.14. The van der Waals surface area contributed by atoms with E-state index in [-0.39, 0.29) is 23.1 Å². The van der Waals surface area contributed by atoms with E-state index in [2.05, 4.69) is 25.1 Å². The third-order valence-electron chi connectivity index (χ3n) is 3.46. The molecular formula is C13H12F3N7O. The van der Waals surface area contributed by atoms with Crippen molar-refractivity contribution in [2.75, 3.05) is 7.05 Å². The normalized spacial score (nSPS) is 11.9. The highest BCUT2D eigenvalue weighted by atomic mass is 19.4. The molecule has 0 radical (unpaired) electrons. The molecule has 11 heteroatoms. The Balaban J connectivity index is 2.03. The molecule has 8 nitrogen and oxygen atoms in total. The maximum atomic E-state index is 13.0. The van der Waals surface area contributed by atoms with E-state index in [0.717, 1.165) is 4.57 Å². The first-order valence-electron chi connectivity index (χ1n) is 6.76. The minimum atomic E-state index is -4.63. The molecule has 0 aromatic carbocycles. The Morgan fingerprint density at radius 1 is 1.38 bits per heavy atom. The molecule has 0 spiro atoms. The van der Waals surface area contributed by atoms with Crippen LogP contribution in [0.5, 0.6) is 0 Å². The first-order valence-corrected chi connectivity index (χ1v) is 6.76. The summed E-state index contributed by atoms with van der Waals surface area (Å²) >= 11 is 0. The Morgan fingerprint density at radius 3 is 2.75 bits per heavy atom. The fourth-order valence-electron chi connectivity index (χ4n) is 2.39. The van der Waals surface area contributed by atoms with Crippen LogP contribution in [-0.4, -0.2) is 47.6 Å². The Morgan fingerprint density at radius 2 is 2.12 bits per heavy atom. The molecule has 3 aromatic heterocycles. The number of alkyl halides is 3. The van der Waals surface area contributed by atoms with Crippen LogP contribution in [0.1, 0.15) is 22.0 Å². The molecule has 0 aliphatic heterocycles. The maximum absolute atomic E-state index is 13.0. The van der Waals surface area contributed by atoms with Crippen molar-refractivity contribution in [2.45, 2.75) is 12.7 Å². The van der Waals surface area contributed by atoms with Crippen molar-refractivity contribution in [2.24, 2.45) is 7.05 Å². The molecule has 0 unspecified atom stereocenters. The number of aryl methyl sites for hydroxylation is 1. The van der Waals surface area contributed by atoms with Gasteiger partial charge in [0, 0.05) is 20.3 Å². The van der Waals surface area contributed by atoms with Gasteiger partial charge in [0.25, 0.3) is 5.91 Å². The lowest BCUT2D eigenvalue weighted by Crippen LogP contribution is -2.27. The lowest BCUT2D eigenvalue weighted by atomic mass is 10.2. The van der Waals surface area contributed by atoms with Crippen molar-refractivity contribution in [3.63, 3.8) is 0 Å². The van der Waals surface area contributed by atoms with Gasteiger partial charge in [-0.15, -0.1) is 0 Å². The molecular weight excluding hydrogens is 327 g/mol. The summed E-state index contributed by atoms with van der Waals surface area (Å²) in [5.74, 6) is -1.13. The van der Waals surface area contributed by atoms with Gasteiger partial charge in [0.15, 0.2) is 0 Å². The molecule has 24 heavy (non-hydrogen) atoms. The number of hydrogen-bond donors (Lipinski definition) is 1. The second-order valence-corrected chi connectivity index (χ2v) is 5.14. The van der Waals surface area contributed by atoms with Gasteiger partial charge in [-0.05, 0) is 0 Å². The Labute approximate surface area is 133 Å². The maximum Gasteiger partial charge on any atom is 0.449 e. The number of carbonyl (C=O) groups is 1. The van der Waals surface area contributed by atoms with Crippen LogP contribution < -0.4 is 0 Å². The fraction of sp³-hybridized carbons (Fsp3) is 0.308. The molecule has 3 rings (SSSR count). The predicted octanol–water partition coefficient (Wildman–Crippen LogP) is 1.38. The fourth-order valence-corrected chi connectivity index (χ4v) is 2.39. The zero-order valence-corrected chi connectivity index (χ0v) is 12.7. The van der Waals surface area contributed by atoms with Crippen molar-refractivity contribution >= 4 is 16.9 Å². The number of pyridine rings is 1. The van der Waals surface area contributed by atoms with E-state index in [1.165, 1.54) is 37.7 Å². The SMILES string of the molecule is CN(Cc1ncn[nH]1)C(=O)c1cncc2nc(C(F)(F)F)n(C)c12. The predicted molar refractivity (Wildman–Crippen MR) is 75.7 cm³/mol. The second kappa shape index (κ2) is 5.58. The van der Waals surface area contributed by atoms with Crippen LogP contribution >= 0.6 is 0 Å². The van der Waals surface area contributed by atoms with Crippen LogP contribution in [0.4, 0.5) is 13.2 Å². The third kappa shape index (κ3) is 2.68. The number of amides is 1. The van der Waals surface area contributed by atoms with Crippen molar-refractivity contribution in [1.82, 2.24) is 34.6 Å². The molecule has 3 aromatic rings. The number of aromatic amines is 1. The first-order chi connectivity index (χ1) is 11.3. The summed E-state index contributed by atoms with van der Waals surface area (Å²) in [7, 11) is 2.72. The highest BCUT2D eigenvalue weighted by Crippen LogP contribution is 2.31. The number of aromatic nitrogens is 6. The van der Waals surface area contributed by atoms with Crippen LogP contribution in [0, 0.1) is 0 Å². The summed E-state index contributed by atoms with van der Waals surface area (Å²) in [5, 5.41) is 6.29. The van der Waals surface area contributed by atoms with E-state index in [0.29, 0.717) is 5.82 Å². The minimum Gasteiger partial charge on any atom is -0.334 e. The Kier molecular flexibility index (Phi) is 3.70. The standard InChI is InChI=1S/C13H12F3N7O/c1-22(5-9-18-6-19-21-9)11(24)7-3-17-4-8-10(7)23(2)12(20-8)13(14,15)16/h3-4,6H,5H2,1-2H3,(H,18,19,21). The van der Waals surface area contributed by atoms with Crippen LogP contribution in [0.25, 0.3) is 11.0 Å². The summed E-state index contributed by atoms with van der Waals surface area (Å²) in [5.41, 5.74) is 0.107. The lowest BCUT2D eigenvalue weighted by Gasteiger charge is -2.16. The second-order valence-electron chi connectivity index (χ2n) is 5.14. The molecule has 1 amide bonds. The summed E-state index contributed by atoms with van der Waals surface area (Å²) < 4.78 is 39.9. The highest BCUT2D eigenvalue weighted by molar-refractivity contribution is 6.04. The van der Waals surface area contributed by atoms with Crippen molar-refractivity contribution in [3.8, 4) is 0 Å². The number of hydrogen-bond acceptors (Lipinski definition) is 5. The van der Waals surface area contributed by atoms with Gasteiger partial charge in [-0.2, -0.15) is 18.3 Å². The van der Waals surface area contributed by atoms with Gasteiger partial charge in [0.2, 0.25) is 5.82 Å². The molecule has 126 valence electrons. The number of imidazole rings is 1. The van der Waals surface area contributed by atoms with Gasteiger partial charge in [-0.25, -0.2) is 9.97 Å². The van der Waals surface area contributed by atoms with Gasteiger partial charge in [-0.1, -0.05) is 0 Å². The monoisotopic (exact) mass is 339 g/mol. The molecule has 3 heterocycles. The topological polar surface area (TPSA) is 92.6 Å². The Bertz CT molecular complexity index is 885. The molecule has 0 saturated carbocycles. The summed E-state index contributed by atoms with van der Waals surface area (Å²) in [6, 6.07) is 0. The number of fused-ring (bicyclic) bond motifs is 1. The van der Waals surface area contributed by atoms with Gasteiger partial charge in [0.05, 0.1) is 23.8 Å². The largest absolute Gasteiger partial charge is 0.449 e. The number of halogens is 3. The van der Waals surface area contributed by atoms with E-state index < -0.39 is 17.9 Å². The summed E-state index contributed by atoms with van der Waals surface area (Å²) in [6.07, 6.45) is -0.909. The third-order valence-corrected chi connectivity index (χ3v) is 3.46. The Hall–Kier alpha value is -2.98. The molecule has 1 N–H and O–H groups in total. The number of nitrogens with one attached hydrogen (secondary N) is 1.